The minimum atomic E-state index is 0.104. The lowest BCUT2D eigenvalue weighted by Gasteiger charge is -2.10. The number of imidazole rings is 3. The van der Waals surface area contributed by atoms with Gasteiger partial charge in [0.2, 0.25) is 0 Å². The van der Waals surface area contributed by atoms with Crippen LogP contribution >= 0.6 is 34.8 Å². The lowest BCUT2D eigenvalue weighted by Crippen LogP contribution is -2.11. The summed E-state index contributed by atoms with van der Waals surface area (Å²) in [6, 6.07) is 17.1. The van der Waals surface area contributed by atoms with Crippen LogP contribution in [0.2, 0.25) is 15.1 Å². The molecule has 12 rings (SSSR count). The standard InChI is InChI=1S/C19H18ClN5O.2C18H16ClN5O/c1-4-5-15-17-9-24-18(10-26-12(2)3)22-23-19(24)14-8-13(20)6-7-16(14)25(17)11-21-15;2*1-4-14-16-8-23-17(9-25-11(2)3)21-22-18(23)13-7-12(19)5-6-15(13)24(16)10-20-14/h6-8,11-12H,9-10H2,1-3H3;2*1,5-7,10-11H,8-9H2,2-3H3. The van der Waals surface area contributed by atoms with E-state index < -0.39 is 0 Å². The van der Waals surface area contributed by atoms with Crippen LogP contribution in [0.25, 0.3) is 51.2 Å². The molecule has 0 bridgehead atoms. The third kappa shape index (κ3) is 10.0. The maximum atomic E-state index is 6.26. The summed E-state index contributed by atoms with van der Waals surface area (Å²) >= 11 is 18.7. The summed E-state index contributed by atoms with van der Waals surface area (Å²) in [4.78, 5) is 13.2. The number of rotatable bonds is 9. The summed E-state index contributed by atoms with van der Waals surface area (Å²) in [5.74, 6) is 15.8. The van der Waals surface area contributed by atoms with Crippen LogP contribution < -0.4 is 0 Å². The Morgan fingerprint density at radius 2 is 0.803 bits per heavy atom. The van der Waals surface area contributed by atoms with Gasteiger partial charge in [0.05, 0.1) is 72.1 Å². The Kier molecular flexibility index (Phi) is 14.8. The van der Waals surface area contributed by atoms with Crippen LogP contribution in [0, 0.1) is 36.5 Å². The Morgan fingerprint density at radius 3 is 1.11 bits per heavy atom. The Balaban J connectivity index is 0.000000130. The summed E-state index contributed by atoms with van der Waals surface area (Å²) in [6.45, 7) is 16.5. The number of ether oxygens (including phenoxy) is 3. The van der Waals surface area contributed by atoms with Crippen molar-refractivity contribution in [2.75, 3.05) is 0 Å². The molecule has 3 aliphatic heterocycles. The smallest absolute Gasteiger partial charge is 0.166 e. The van der Waals surface area contributed by atoms with Gasteiger partial charge >= 0.3 is 0 Å². The summed E-state index contributed by atoms with van der Waals surface area (Å²) in [5, 5.41) is 28.1. The van der Waals surface area contributed by atoms with E-state index in [0.717, 1.165) is 91.5 Å². The normalized spacial score (nSPS) is 12.2. The van der Waals surface area contributed by atoms with E-state index in [0.29, 0.717) is 65.9 Å². The minimum absolute atomic E-state index is 0.104. The van der Waals surface area contributed by atoms with Gasteiger partial charge in [-0.1, -0.05) is 40.7 Å². The van der Waals surface area contributed by atoms with Crippen LogP contribution in [0.3, 0.4) is 0 Å². The fourth-order valence-corrected chi connectivity index (χ4v) is 9.47. The fraction of sp³-hybridized carbons (Fsp3) is 0.291. The SMILES string of the molecule is C#Cc1ncn2c1Cn1c(COC(C)C)nnc1-c1cc(Cl)ccc1-2.C#Cc1ncn2c1Cn1c(COC(C)C)nnc1-c1cc(Cl)ccc1-2.CC#Cc1ncn2c1Cn1c(COC(C)C)nnc1-c1cc(Cl)ccc1-2. The molecule has 9 aromatic rings. The van der Waals surface area contributed by atoms with Gasteiger partial charge in [0.1, 0.15) is 55.9 Å². The van der Waals surface area contributed by atoms with Crippen molar-refractivity contribution in [1.82, 2.24) is 72.9 Å². The van der Waals surface area contributed by atoms with E-state index in [2.05, 4.69) is 73.8 Å². The number of benzene rings is 3. The third-order valence-electron chi connectivity index (χ3n) is 12.5. The Labute approximate surface area is 454 Å². The van der Waals surface area contributed by atoms with Gasteiger partial charge < -0.3 is 27.9 Å². The van der Waals surface area contributed by atoms with Crippen LogP contribution in [0.1, 0.15) is 100 Å². The molecule has 21 heteroatoms. The maximum absolute atomic E-state index is 6.26. The topological polar surface area (TPSA) is 173 Å². The number of hydrogen-bond donors (Lipinski definition) is 0. The molecule has 0 amide bonds. The molecule has 76 heavy (non-hydrogen) atoms. The van der Waals surface area contributed by atoms with Gasteiger partial charge in [0, 0.05) is 31.8 Å². The van der Waals surface area contributed by atoms with Crippen molar-refractivity contribution in [1.29, 1.82) is 0 Å². The predicted octanol–water partition coefficient (Wildman–Crippen LogP) is 9.55. The van der Waals surface area contributed by atoms with E-state index >= 15 is 0 Å². The number of halogens is 3. The summed E-state index contributed by atoms with van der Waals surface area (Å²) in [5.41, 5.74) is 10.3. The van der Waals surface area contributed by atoms with Crippen LogP contribution in [0.15, 0.2) is 73.6 Å². The minimum Gasteiger partial charge on any atom is -0.371 e. The van der Waals surface area contributed by atoms with Crippen molar-refractivity contribution >= 4 is 34.8 Å². The molecule has 3 aliphatic rings. The summed E-state index contributed by atoms with van der Waals surface area (Å²) < 4.78 is 29.3. The second-order valence-electron chi connectivity index (χ2n) is 18.5. The molecule has 0 radical (unpaired) electrons. The van der Waals surface area contributed by atoms with Gasteiger partial charge in [-0.15, -0.1) is 43.4 Å². The first-order chi connectivity index (χ1) is 36.7. The molecule has 6 aromatic heterocycles. The lowest BCUT2D eigenvalue weighted by atomic mass is 10.1. The van der Waals surface area contributed by atoms with Crippen molar-refractivity contribution in [3.05, 3.63) is 140 Å². The number of hydrogen-bond acceptors (Lipinski definition) is 12. The van der Waals surface area contributed by atoms with E-state index in [1.807, 2.05) is 126 Å². The predicted molar refractivity (Wildman–Crippen MR) is 288 cm³/mol. The first kappa shape index (κ1) is 51.6. The second kappa shape index (κ2) is 21.8. The van der Waals surface area contributed by atoms with Crippen molar-refractivity contribution in [3.8, 4) is 87.8 Å². The highest BCUT2D eigenvalue weighted by Crippen LogP contribution is 2.37. The molecule has 0 N–H and O–H groups in total. The van der Waals surface area contributed by atoms with Crippen molar-refractivity contribution in [2.45, 2.75) is 106 Å². The molecule has 384 valence electrons. The zero-order valence-electron chi connectivity index (χ0n) is 42.6. The largest absolute Gasteiger partial charge is 0.371 e. The van der Waals surface area contributed by atoms with Gasteiger partial charge in [0.25, 0.3) is 0 Å². The molecule has 0 saturated heterocycles. The quantitative estimate of drug-likeness (QED) is 0.126. The second-order valence-corrected chi connectivity index (χ2v) is 19.8. The zero-order chi connectivity index (χ0) is 53.4. The molecule has 3 aromatic carbocycles. The van der Waals surface area contributed by atoms with Gasteiger partial charge in [-0.25, -0.2) is 15.0 Å². The molecule has 0 spiro atoms. The molecule has 0 saturated carbocycles. The van der Waals surface area contributed by atoms with E-state index in [1.54, 1.807) is 19.0 Å². The van der Waals surface area contributed by atoms with E-state index in [9.17, 15) is 0 Å². The van der Waals surface area contributed by atoms with Crippen LogP contribution in [0.4, 0.5) is 0 Å². The molecule has 0 unspecified atom stereocenters. The Morgan fingerprint density at radius 1 is 0.487 bits per heavy atom. The van der Waals surface area contributed by atoms with Crippen molar-refractivity contribution < 1.29 is 14.2 Å². The van der Waals surface area contributed by atoms with E-state index in [1.165, 1.54) is 0 Å². The van der Waals surface area contributed by atoms with Gasteiger partial charge in [-0.2, -0.15) is 0 Å². The fourth-order valence-electron chi connectivity index (χ4n) is 8.95. The zero-order valence-corrected chi connectivity index (χ0v) is 44.9. The number of aromatic nitrogens is 15. The average molecular weight is 1080 g/mol. The van der Waals surface area contributed by atoms with Gasteiger partial charge in [-0.3, -0.25) is 13.7 Å². The Hall–Kier alpha value is -7.86. The number of fused-ring (bicyclic) bond motifs is 15. The Bertz CT molecular complexity index is 3650. The highest BCUT2D eigenvalue weighted by Gasteiger charge is 2.29. The third-order valence-corrected chi connectivity index (χ3v) is 13.2. The van der Waals surface area contributed by atoms with Crippen molar-refractivity contribution in [3.63, 3.8) is 0 Å². The maximum Gasteiger partial charge on any atom is 0.166 e. The molecule has 0 fully saturated rings. The van der Waals surface area contributed by atoms with Gasteiger partial charge in [0.15, 0.2) is 34.9 Å². The monoisotopic (exact) mass is 1070 g/mol. The highest BCUT2D eigenvalue weighted by atomic mass is 35.5. The highest BCUT2D eigenvalue weighted by molar-refractivity contribution is 6.31. The summed E-state index contributed by atoms with van der Waals surface area (Å²) in [7, 11) is 0. The van der Waals surface area contributed by atoms with E-state index in [4.69, 9.17) is 61.9 Å². The van der Waals surface area contributed by atoms with Crippen LogP contribution in [0.5, 0.6) is 0 Å². The van der Waals surface area contributed by atoms with E-state index in [-0.39, 0.29) is 18.3 Å². The van der Waals surface area contributed by atoms with Crippen molar-refractivity contribution in [2.24, 2.45) is 0 Å². The molecular formula is C55H50Cl3N15O3. The molecular weight excluding hydrogens is 1030 g/mol. The number of nitrogens with zero attached hydrogens (tertiary/aromatic N) is 15. The molecule has 9 heterocycles. The molecule has 18 nitrogen and oxygen atoms in total. The molecule has 0 aliphatic carbocycles. The first-order valence-electron chi connectivity index (χ1n) is 24.3. The lowest BCUT2D eigenvalue weighted by molar-refractivity contribution is 0.0593. The summed E-state index contributed by atoms with van der Waals surface area (Å²) in [6.07, 6.45) is 16.9. The van der Waals surface area contributed by atoms with Gasteiger partial charge in [-0.05, 0) is 121 Å². The van der Waals surface area contributed by atoms with Crippen LogP contribution in [-0.2, 0) is 53.7 Å². The average Bonchev–Trinajstić information content (AvgIpc) is 4.30. The van der Waals surface area contributed by atoms with Crippen LogP contribution in [-0.4, -0.2) is 91.3 Å². The first-order valence-corrected chi connectivity index (χ1v) is 25.4. The number of terminal acetylenes is 2. The molecule has 0 atom stereocenters.